The Labute approximate surface area is 157 Å². The summed E-state index contributed by atoms with van der Waals surface area (Å²) in [7, 11) is -3.52. The lowest BCUT2D eigenvalue weighted by Crippen LogP contribution is -2.48. The molecule has 0 spiro atoms. The van der Waals surface area contributed by atoms with E-state index >= 15 is 0 Å². The zero-order valence-electron chi connectivity index (χ0n) is 14.2. The molecular formula is C17H18ClN5O2S. The van der Waals surface area contributed by atoms with Gasteiger partial charge in [-0.05, 0) is 30.7 Å². The van der Waals surface area contributed by atoms with Crippen molar-refractivity contribution in [2.75, 3.05) is 31.1 Å². The Morgan fingerprint density at radius 2 is 1.73 bits per heavy atom. The predicted molar refractivity (Wildman–Crippen MR) is 102 cm³/mol. The summed E-state index contributed by atoms with van der Waals surface area (Å²) < 4.78 is 27.1. The van der Waals surface area contributed by atoms with Crippen LogP contribution in [0.4, 0.5) is 11.4 Å². The van der Waals surface area contributed by atoms with Gasteiger partial charge >= 0.3 is 0 Å². The molecule has 136 valence electrons. The van der Waals surface area contributed by atoms with Crippen LogP contribution in [0.25, 0.3) is 10.4 Å². The first kappa shape index (κ1) is 18.5. The zero-order chi connectivity index (χ0) is 18.7. The summed E-state index contributed by atoms with van der Waals surface area (Å²) in [5.74, 6) is 0. The summed E-state index contributed by atoms with van der Waals surface area (Å²) in [4.78, 5) is 5.08. The summed E-state index contributed by atoms with van der Waals surface area (Å²) >= 11 is 6.28. The van der Waals surface area contributed by atoms with Crippen molar-refractivity contribution < 1.29 is 8.42 Å². The van der Waals surface area contributed by atoms with Gasteiger partial charge in [0, 0.05) is 31.1 Å². The Hall–Kier alpha value is -2.25. The maximum Gasteiger partial charge on any atom is 0.243 e. The zero-order valence-corrected chi connectivity index (χ0v) is 15.8. The van der Waals surface area contributed by atoms with Crippen LogP contribution in [0.5, 0.6) is 0 Å². The van der Waals surface area contributed by atoms with Gasteiger partial charge in [-0.15, -0.1) is 0 Å². The first-order valence-corrected chi connectivity index (χ1v) is 9.90. The Bertz CT molecular complexity index is 948. The molecule has 2 aromatic rings. The molecule has 26 heavy (non-hydrogen) atoms. The Morgan fingerprint density at radius 1 is 1.08 bits per heavy atom. The third-order valence-electron chi connectivity index (χ3n) is 4.33. The highest BCUT2D eigenvalue weighted by Crippen LogP contribution is 2.36. The van der Waals surface area contributed by atoms with Gasteiger partial charge in [0.15, 0.2) is 0 Å². The number of hydrogen-bond acceptors (Lipinski definition) is 4. The fraction of sp³-hybridized carbons (Fsp3) is 0.294. The van der Waals surface area contributed by atoms with Crippen molar-refractivity contribution in [2.24, 2.45) is 5.11 Å². The molecule has 1 fully saturated rings. The largest absolute Gasteiger partial charge is 0.367 e. The van der Waals surface area contributed by atoms with E-state index in [0.717, 1.165) is 5.56 Å². The molecule has 0 radical (unpaired) electrons. The number of anilines is 1. The second kappa shape index (κ2) is 7.55. The van der Waals surface area contributed by atoms with Crippen LogP contribution in [0.2, 0.25) is 5.02 Å². The number of aryl methyl sites for hydroxylation is 1. The van der Waals surface area contributed by atoms with Crippen molar-refractivity contribution in [3.8, 4) is 0 Å². The lowest BCUT2D eigenvalue weighted by atomic mass is 10.2. The van der Waals surface area contributed by atoms with E-state index < -0.39 is 10.0 Å². The Balaban J connectivity index is 1.80. The van der Waals surface area contributed by atoms with Crippen molar-refractivity contribution in [1.82, 2.24) is 4.31 Å². The maximum atomic E-state index is 12.8. The molecule has 1 saturated heterocycles. The fourth-order valence-electron chi connectivity index (χ4n) is 2.96. The SMILES string of the molecule is Cc1ccc(S(=O)(=O)N2CCN(c3c(Cl)cccc3N=[N+]=[N-])CC2)cc1. The van der Waals surface area contributed by atoms with E-state index in [0.29, 0.717) is 47.5 Å². The van der Waals surface area contributed by atoms with E-state index in [2.05, 4.69) is 10.0 Å². The molecular weight excluding hydrogens is 374 g/mol. The van der Waals surface area contributed by atoms with Crippen molar-refractivity contribution in [3.63, 3.8) is 0 Å². The monoisotopic (exact) mass is 391 g/mol. The molecule has 1 aliphatic rings. The average Bonchev–Trinajstić information content (AvgIpc) is 2.63. The van der Waals surface area contributed by atoms with Gasteiger partial charge in [0.1, 0.15) is 0 Å². The van der Waals surface area contributed by atoms with Crippen LogP contribution < -0.4 is 4.90 Å². The molecule has 0 amide bonds. The molecule has 9 heteroatoms. The van der Waals surface area contributed by atoms with Crippen molar-refractivity contribution in [2.45, 2.75) is 11.8 Å². The van der Waals surface area contributed by atoms with E-state index in [1.807, 2.05) is 11.8 Å². The molecule has 0 aromatic heterocycles. The highest BCUT2D eigenvalue weighted by Gasteiger charge is 2.29. The first-order valence-electron chi connectivity index (χ1n) is 8.09. The number of nitrogens with zero attached hydrogens (tertiary/aromatic N) is 5. The molecule has 1 aliphatic heterocycles. The molecule has 0 aliphatic carbocycles. The van der Waals surface area contributed by atoms with Gasteiger partial charge in [0.2, 0.25) is 10.0 Å². The van der Waals surface area contributed by atoms with E-state index in [4.69, 9.17) is 17.1 Å². The minimum absolute atomic E-state index is 0.295. The van der Waals surface area contributed by atoms with Crippen LogP contribution in [0.1, 0.15) is 5.56 Å². The predicted octanol–water partition coefficient (Wildman–Crippen LogP) is 4.10. The van der Waals surface area contributed by atoms with Crippen molar-refractivity contribution in [3.05, 3.63) is 63.5 Å². The summed E-state index contributed by atoms with van der Waals surface area (Å²) in [6.07, 6.45) is 0. The lowest BCUT2D eigenvalue weighted by molar-refractivity contribution is 0.385. The summed E-state index contributed by atoms with van der Waals surface area (Å²) in [5, 5.41) is 4.17. The van der Waals surface area contributed by atoms with Crippen LogP contribution in [-0.2, 0) is 10.0 Å². The molecule has 0 saturated carbocycles. The van der Waals surface area contributed by atoms with Gasteiger partial charge in [0.25, 0.3) is 0 Å². The number of azide groups is 1. The van der Waals surface area contributed by atoms with E-state index in [9.17, 15) is 8.42 Å². The van der Waals surface area contributed by atoms with Crippen LogP contribution in [0.15, 0.2) is 52.5 Å². The minimum atomic E-state index is -3.52. The number of piperazine rings is 1. The van der Waals surface area contributed by atoms with Gasteiger partial charge in [0.05, 0.1) is 21.3 Å². The summed E-state index contributed by atoms with van der Waals surface area (Å²) in [5.41, 5.74) is 10.8. The quantitative estimate of drug-likeness (QED) is 0.446. The molecule has 2 aromatic carbocycles. The standard InChI is InChI=1S/C17H18ClN5O2S/c1-13-5-7-14(8-6-13)26(24,25)23-11-9-22(10-12-23)17-15(18)3-2-4-16(17)20-21-19/h2-8H,9-12H2,1H3. The molecule has 0 N–H and O–H groups in total. The number of para-hydroxylation sites is 1. The van der Waals surface area contributed by atoms with Crippen molar-refractivity contribution in [1.29, 1.82) is 0 Å². The molecule has 0 unspecified atom stereocenters. The van der Waals surface area contributed by atoms with Crippen LogP contribution in [0.3, 0.4) is 0 Å². The van der Waals surface area contributed by atoms with Crippen LogP contribution in [0, 0.1) is 6.92 Å². The van der Waals surface area contributed by atoms with Gasteiger partial charge in [-0.1, -0.05) is 46.5 Å². The van der Waals surface area contributed by atoms with E-state index in [1.165, 1.54) is 4.31 Å². The summed E-state index contributed by atoms with van der Waals surface area (Å²) in [6, 6.07) is 12.0. The number of benzene rings is 2. The summed E-state index contributed by atoms with van der Waals surface area (Å²) in [6.45, 7) is 3.50. The fourth-order valence-corrected chi connectivity index (χ4v) is 4.67. The smallest absolute Gasteiger partial charge is 0.243 e. The lowest BCUT2D eigenvalue weighted by Gasteiger charge is -2.36. The second-order valence-corrected chi connectivity index (χ2v) is 8.35. The molecule has 0 atom stereocenters. The molecule has 3 rings (SSSR count). The van der Waals surface area contributed by atoms with E-state index in [-0.39, 0.29) is 0 Å². The Morgan fingerprint density at radius 3 is 2.35 bits per heavy atom. The maximum absolute atomic E-state index is 12.8. The van der Waals surface area contributed by atoms with Gasteiger partial charge in [-0.2, -0.15) is 4.31 Å². The van der Waals surface area contributed by atoms with E-state index in [1.54, 1.807) is 42.5 Å². The van der Waals surface area contributed by atoms with Crippen molar-refractivity contribution >= 4 is 33.0 Å². The average molecular weight is 392 g/mol. The van der Waals surface area contributed by atoms with Gasteiger partial charge in [-0.3, -0.25) is 0 Å². The topological polar surface area (TPSA) is 89.4 Å². The number of sulfonamides is 1. The number of rotatable bonds is 4. The highest BCUT2D eigenvalue weighted by molar-refractivity contribution is 7.89. The number of halogens is 1. The highest BCUT2D eigenvalue weighted by atomic mass is 35.5. The van der Waals surface area contributed by atoms with Gasteiger partial charge < -0.3 is 4.90 Å². The number of hydrogen-bond donors (Lipinski definition) is 0. The first-order chi connectivity index (χ1) is 12.4. The minimum Gasteiger partial charge on any atom is -0.367 e. The van der Waals surface area contributed by atoms with Gasteiger partial charge in [-0.25, -0.2) is 8.42 Å². The van der Waals surface area contributed by atoms with Crippen LogP contribution >= 0.6 is 11.6 Å². The Kier molecular flexibility index (Phi) is 5.38. The second-order valence-electron chi connectivity index (χ2n) is 6.00. The molecule has 0 bridgehead atoms. The molecule has 1 heterocycles. The third kappa shape index (κ3) is 3.64. The third-order valence-corrected chi connectivity index (χ3v) is 6.55. The normalized spacial score (nSPS) is 15.5. The van der Waals surface area contributed by atoms with Crippen LogP contribution in [-0.4, -0.2) is 38.9 Å². The molecule has 7 nitrogen and oxygen atoms in total.